The van der Waals surface area contributed by atoms with Crippen LogP contribution in [0.3, 0.4) is 0 Å². The van der Waals surface area contributed by atoms with Gasteiger partial charge in [0.2, 0.25) is 0 Å². The molecule has 0 aromatic heterocycles. The molecule has 7 heteroatoms. The van der Waals surface area contributed by atoms with E-state index in [1.807, 2.05) is 0 Å². The number of unbranched alkanes of at least 4 members (excludes halogenated alkanes) is 21. The smallest absolute Gasteiger partial charge is 0.303 e. The van der Waals surface area contributed by atoms with E-state index in [2.05, 4.69) is 19.1 Å². The zero-order valence-corrected chi connectivity index (χ0v) is 30.0. The molecule has 0 saturated heterocycles. The van der Waals surface area contributed by atoms with Gasteiger partial charge in [-0.15, -0.1) is 0 Å². The first-order valence-corrected chi connectivity index (χ1v) is 19.5. The number of carboxylic acid groups (broad SMARTS) is 3. The van der Waals surface area contributed by atoms with Gasteiger partial charge in [0.05, 0.1) is 26.2 Å². The molecule has 46 heavy (non-hydrogen) atoms. The molecule has 0 heterocycles. The fraction of sp³-hybridized carbons (Fsp3) is 0.872. The van der Waals surface area contributed by atoms with Gasteiger partial charge in [-0.25, -0.2) is 0 Å². The van der Waals surface area contributed by atoms with Gasteiger partial charge in [0.1, 0.15) is 0 Å². The lowest BCUT2D eigenvalue weighted by Crippen LogP contribution is -2.51. The fourth-order valence-corrected chi connectivity index (χ4v) is 6.60. The van der Waals surface area contributed by atoms with Crippen LogP contribution in [0, 0.1) is 0 Å². The molecule has 0 aromatic rings. The van der Waals surface area contributed by atoms with Gasteiger partial charge >= 0.3 is 17.9 Å². The van der Waals surface area contributed by atoms with Crippen LogP contribution >= 0.6 is 0 Å². The summed E-state index contributed by atoms with van der Waals surface area (Å²) in [6, 6.07) is 0. The normalized spacial score (nSPS) is 11.8. The van der Waals surface area contributed by atoms with Crippen molar-refractivity contribution in [1.29, 1.82) is 0 Å². The van der Waals surface area contributed by atoms with E-state index in [1.165, 1.54) is 122 Å². The number of rotatable bonds is 37. The number of hydrogen-bond donors (Lipinski definition) is 3. The van der Waals surface area contributed by atoms with Gasteiger partial charge < -0.3 is 19.8 Å². The molecule has 0 radical (unpaired) electrons. The molecule has 0 unspecified atom stereocenters. The van der Waals surface area contributed by atoms with Crippen LogP contribution in [0.4, 0.5) is 0 Å². The highest BCUT2D eigenvalue weighted by Gasteiger charge is 2.26. The van der Waals surface area contributed by atoms with E-state index in [0.717, 1.165) is 56.3 Å². The summed E-state index contributed by atoms with van der Waals surface area (Å²) in [7, 11) is 0. The molecule has 0 aliphatic rings. The van der Waals surface area contributed by atoms with Crippen molar-refractivity contribution in [3.8, 4) is 0 Å². The second-order valence-electron chi connectivity index (χ2n) is 13.8. The number of aliphatic carboxylic acids is 3. The number of carboxylic acids is 3. The van der Waals surface area contributed by atoms with Gasteiger partial charge in [-0.05, 0) is 77.0 Å². The van der Waals surface area contributed by atoms with Crippen LogP contribution in [-0.2, 0) is 14.4 Å². The van der Waals surface area contributed by atoms with E-state index < -0.39 is 17.9 Å². The maximum absolute atomic E-state index is 11.0. The Kier molecular flexibility index (Phi) is 31.7. The van der Waals surface area contributed by atoms with Gasteiger partial charge in [-0.3, -0.25) is 14.4 Å². The Bertz CT molecular complexity index is 698. The average Bonchev–Trinajstić information content (AvgIpc) is 3.02. The molecule has 0 spiro atoms. The van der Waals surface area contributed by atoms with Crippen molar-refractivity contribution in [2.24, 2.45) is 0 Å². The maximum atomic E-state index is 11.0. The van der Waals surface area contributed by atoms with Crippen molar-refractivity contribution < 1.29 is 34.2 Å². The molecule has 3 N–H and O–H groups in total. The molecule has 0 aliphatic carbocycles. The largest absolute Gasteiger partial charge is 0.481 e. The second-order valence-corrected chi connectivity index (χ2v) is 13.8. The Hall–Kier alpha value is -1.89. The molecule has 0 amide bonds. The van der Waals surface area contributed by atoms with E-state index in [1.54, 1.807) is 0 Å². The van der Waals surface area contributed by atoms with E-state index in [0.29, 0.717) is 19.3 Å². The summed E-state index contributed by atoms with van der Waals surface area (Å²) < 4.78 is 0.870. The van der Waals surface area contributed by atoms with Gasteiger partial charge in [0.15, 0.2) is 0 Å². The average molecular weight is 653 g/mol. The first-order chi connectivity index (χ1) is 22.3. The highest BCUT2D eigenvalue weighted by atomic mass is 16.4. The summed E-state index contributed by atoms with van der Waals surface area (Å²) in [4.78, 5) is 33.1. The molecule has 7 nitrogen and oxygen atoms in total. The second kappa shape index (κ2) is 33.0. The minimum atomic E-state index is -0.765. The monoisotopic (exact) mass is 653 g/mol. The van der Waals surface area contributed by atoms with Crippen LogP contribution in [0.5, 0.6) is 0 Å². The first-order valence-electron chi connectivity index (χ1n) is 19.5. The fourth-order valence-electron chi connectivity index (χ4n) is 6.60. The zero-order chi connectivity index (χ0) is 34.0. The molecule has 0 fully saturated rings. The lowest BCUT2D eigenvalue weighted by molar-refractivity contribution is -0.929. The van der Waals surface area contributed by atoms with Gasteiger partial charge in [-0.2, -0.15) is 0 Å². The highest BCUT2D eigenvalue weighted by Crippen LogP contribution is 2.20. The molecule has 0 atom stereocenters. The Balaban J connectivity index is 4.15. The van der Waals surface area contributed by atoms with Crippen LogP contribution in [0.2, 0.25) is 0 Å². The summed E-state index contributed by atoms with van der Waals surface area (Å²) in [5.74, 6) is -2.30. The maximum Gasteiger partial charge on any atom is 0.303 e. The van der Waals surface area contributed by atoms with Crippen molar-refractivity contribution in [2.45, 2.75) is 193 Å². The lowest BCUT2D eigenvalue weighted by atomic mass is 10.0. The summed E-state index contributed by atoms with van der Waals surface area (Å²) >= 11 is 0. The minimum absolute atomic E-state index is 0.176. The summed E-state index contributed by atoms with van der Waals surface area (Å²) in [6.45, 7) is 5.96. The van der Waals surface area contributed by atoms with Gasteiger partial charge in [-0.1, -0.05) is 109 Å². The molecular formula is C39H74NO6+. The van der Waals surface area contributed by atoms with Crippen molar-refractivity contribution in [3.05, 3.63) is 12.2 Å². The van der Waals surface area contributed by atoms with Crippen LogP contribution in [0.15, 0.2) is 12.2 Å². The number of quaternary nitrogens is 1. The Morgan fingerprint density at radius 2 is 0.652 bits per heavy atom. The zero-order valence-electron chi connectivity index (χ0n) is 30.0. The third-order valence-corrected chi connectivity index (χ3v) is 9.46. The first kappa shape index (κ1) is 44.1. The van der Waals surface area contributed by atoms with Crippen molar-refractivity contribution in [1.82, 2.24) is 0 Å². The minimum Gasteiger partial charge on any atom is -0.481 e. The summed E-state index contributed by atoms with van der Waals surface area (Å²) in [5.41, 5.74) is 0. The van der Waals surface area contributed by atoms with Gasteiger partial charge in [0, 0.05) is 19.3 Å². The predicted molar refractivity (Wildman–Crippen MR) is 191 cm³/mol. The van der Waals surface area contributed by atoms with E-state index in [9.17, 15) is 14.4 Å². The van der Waals surface area contributed by atoms with Crippen LogP contribution < -0.4 is 0 Å². The third kappa shape index (κ3) is 32.1. The van der Waals surface area contributed by atoms with Crippen molar-refractivity contribution in [2.75, 3.05) is 26.2 Å². The van der Waals surface area contributed by atoms with Crippen molar-refractivity contribution in [3.63, 3.8) is 0 Å². The van der Waals surface area contributed by atoms with E-state index >= 15 is 0 Å². The Morgan fingerprint density at radius 1 is 0.391 bits per heavy atom. The molecule has 0 rings (SSSR count). The molecule has 270 valence electrons. The Morgan fingerprint density at radius 3 is 0.957 bits per heavy atom. The topological polar surface area (TPSA) is 112 Å². The SMILES string of the molecule is CCCCCCC/C=C/CCCCCCCCCCCCCCC[N+](CCCCC(=O)O)(CCCCC(=O)O)CCCCC(=O)O. The highest BCUT2D eigenvalue weighted by molar-refractivity contribution is 5.67. The number of nitrogens with zero attached hydrogens (tertiary/aromatic N) is 1. The molecule has 0 saturated carbocycles. The molecule has 0 aliphatic heterocycles. The van der Waals surface area contributed by atoms with Crippen molar-refractivity contribution >= 4 is 17.9 Å². The van der Waals surface area contributed by atoms with E-state index in [-0.39, 0.29) is 19.3 Å². The number of hydrogen-bond acceptors (Lipinski definition) is 3. The molecule has 0 bridgehead atoms. The molecule has 0 aromatic carbocycles. The van der Waals surface area contributed by atoms with E-state index in [4.69, 9.17) is 15.3 Å². The van der Waals surface area contributed by atoms with Crippen LogP contribution in [0.25, 0.3) is 0 Å². The van der Waals surface area contributed by atoms with Crippen LogP contribution in [0.1, 0.15) is 193 Å². The predicted octanol–water partition coefficient (Wildman–Crippen LogP) is 10.9. The number of carbonyl (C=O) groups is 3. The third-order valence-electron chi connectivity index (χ3n) is 9.46. The lowest BCUT2D eigenvalue weighted by Gasteiger charge is -2.39. The number of allylic oxidation sites excluding steroid dienone is 2. The summed E-state index contributed by atoms with van der Waals surface area (Å²) in [6.07, 6.45) is 36.2. The van der Waals surface area contributed by atoms with Gasteiger partial charge in [0.25, 0.3) is 0 Å². The summed E-state index contributed by atoms with van der Waals surface area (Å²) in [5, 5.41) is 27.2. The quantitative estimate of drug-likeness (QED) is 0.0350. The standard InChI is InChI=1S/C39H73NO6/c1-2-3-4-5-6-7-8-9-10-11-12-13-14-15-16-17-18-19-20-21-22-26-33-40(34-27-23-30-37(41)42,35-28-24-31-38(43)44)36-29-25-32-39(45)46/h8-9H,2-7,10-36H2,1H3,(H2-,41,42,43,44,45,46)/p+1/b9-8+. The van der Waals surface area contributed by atoms with Crippen LogP contribution in [-0.4, -0.2) is 63.9 Å². The molecular weight excluding hydrogens is 578 g/mol. The Labute approximate surface area is 283 Å².